The smallest absolute Gasteiger partial charge is 0.339 e. The fraction of sp³-hybridized carbons (Fsp3) is 0.435. The highest BCUT2D eigenvalue weighted by Gasteiger charge is 2.36. The Hall–Kier alpha value is -2.41. The highest BCUT2D eigenvalue weighted by atomic mass is 32.2. The van der Waals surface area contributed by atoms with Crippen LogP contribution >= 0.6 is 0 Å². The molecule has 0 saturated heterocycles. The maximum Gasteiger partial charge on any atom is 0.339 e. The van der Waals surface area contributed by atoms with E-state index in [9.17, 15) is 17.6 Å². The maximum atomic E-state index is 13.1. The Kier molecular flexibility index (Phi) is 6.09. The first-order chi connectivity index (χ1) is 14.4. The van der Waals surface area contributed by atoms with E-state index in [0.29, 0.717) is 6.54 Å². The first kappa shape index (κ1) is 20.8. The van der Waals surface area contributed by atoms with Gasteiger partial charge in [0, 0.05) is 18.5 Å². The number of rotatable bonds is 7. The first-order valence-electron chi connectivity index (χ1n) is 10.5. The Bertz CT molecular complexity index is 996. The van der Waals surface area contributed by atoms with E-state index in [4.69, 9.17) is 4.18 Å². The zero-order valence-electron chi connectivity index (χ0n) is 16.8. The van der Waals surface area contributed by atoms with Gasteiger partial charge in [0.2, 0.25) is 5.91 Å². The number of nitrogens with zero attached hydrogens (tertiary/aromatic N) is 1. The third kappa shape index (κ3) is 5.01. The molecule has 0 heterocycles. The van der Waals surface area contributed by atoms with Crippen LogP contribution in [0.1, 0.15) is 50.5 Å². The van der Waals surface area contributed by atoms with Crippen molar-refractivity contribution in [1.82, 2.24) is 4.90 Å². The van der Waals surface area contributed by atoms with E-state index in [-0.39, 0.29) is 28.5 Å². The maximum absolute atomic E-state index is 13.1. The van der Waals surface area contributed by atoms with Crippen molar-refractivity contribution in [1.29, 1.82) is 0 Å². The van der Waals surface area contributed by atoms with Crippen LogP contribution in [0, 0.1) is 11.7 Å². The van der Waals surface area contributed by atoms with Gasteiger partial charge < -0.3 is 9.08 Å². The molecule has 2 fully saturated rings. The molecule has 2 aliphatic carbocycles. The third-order valence-corrected chi connectivity index (χ3v) is 7.05. The number of hydrogen-bond donors (Lipinski definition) is 0. The van der Waals surface area contributed by atoms with E-state index in [1.54, 1.807) is 18.2 Å². The van der Waals surface area contributed by atoms with Gasteiger partial charge in [0.15, 0.2) is 0 Å². The molecule has 0 spiro atoms. The average molecular weight is 432 g/mol. The van der Waals surface area contributed by atoms with Gasteiger partial charge in [-0.05, 0) is 67.6 Å². The average Bonchev–Trinajstić information content (AvgIpc) is 3.58. The lowest BCUT2D eigenvalue weighted by molar-refractivity contribution is -0.137. The monoisotopic (exact) mass is 431 g/mol. The molecule has 0 bridgehead atoms. The summed E-state index contributed by atoms with van der Waals surface area (Å²) in [4.78, 5) is 14.9. The Morgan fingerprint density at radius 1 is 1.00 bits per heavy atom. The zero-order chi connectivity index (χ0) is 21.1. The summed E-state index contributed by atoms with van der Waals surface area (Å²) < 4.78 is 43.3. The SMILES string of the molecule is O=C(C1CCCCC1)N(Cc1cccc(OS(=O)(=O)c2ccc(F)cc2)c1)C1CC1. The van der Waals surface area contributed by atoms with Gasteiger partial charge >= 0.3 is 10.1 Å². The van der Waals surface area contributed by atoms with E-state index in [1.165, 1.54) is 18.6 Å². The number of carbonyl (C=O) groups excluding carboxylic acids is 1. The summed E-state index contributed by atoms with van der Waals surface area (Å²) in [6.45, 7) is 0.452. The molecular formula is C23H26FNO4S. The zero-order valence-corrected chi connectivity index (χ0v) is 17.6. The lowest BCUT2D eigenvalue weighted by Gasteiger charge is -2.29. The van der Waals surface area contributed by atoms with Gasteiger partial charge in [0.25, 0.3) is 0 Å². The molecule has 2 aromatic rings. The third-order valence-electron chi connectivity index (χ3n) is 5.78. The van der Waals surface area contributed by atoms with Crippen molar-refractivity contribution < 1.29 is 21.8 Å². The van der Waals surface area contributed by atoms with Crippen LogP contribution in [0.25, 0.3) is 0 Å². The summed E-state index contributed by atoms with van der Waals surface area (Å²) in [5.74, 6) is -0.00322. The van der Waals surface area contributed by atoms with Crippen LogP contribution in [-0.4, -0.2) is 25.3 Å². The normalized spacial score (nSPS) is 17.5. The van der Waals surface area contributed by atoms with E-state index in [2.05, 4.69) is 0 Å². The minimum atomic E-state index is -4.06. The lowest BCUT2D eigenvalue weighted by atomic mass is 9.88. The molecule has 2 aromatic carbocycles. The molecule has 0 aliphatic heterocycles. The van der Waals surface area contributed by atoms with Crippen LogP contribution in [-0.2, 0) is 21.5 Å². The topological polar surface area (TPSA) is 63.7 Å². The molecule has 2 aliphatic rings. The molecule has 0 aromatic heterocycles. The van der Waals surface area contributed by atoms with Crippen LogP contribution < -0.4 is 4.18 Å². The van der Waals surface area contributed by atoms with Crippen molar-refractivity contribution >= 4 is 16.0 Å². The second kappa shape index (κ2) is 8.76. The molecule has 2 saturated carbocycles. The molecule has 0 unspecified atom stereocenters. The fourth-order valence-electron chi connectivity index (χ4n) is 4.03. The van der Waals surface area contributed by atoms with Gasteiger partial charge in [0.05, 0.1) is 0 Å². The minimum absolute atomic E-state index is 0.109. The number of amides is 1. The molecule has 0 radical (unpaired) electrons. The standard InChI is InChI=1S/C23H26FNO4S/c24-19-9-13-22(14-10-19)30(27,28)29-21-8-4-5-17(15-21)16-25(20-11-12-20)23(26)18-6-2-1-3-7-18/h4-5,8-10,13-15,18,20H,1-3,6-7,11-12,16H2. The molecule has 4 rings (SSSR count). The van der Waals surface area contributed by atoms with Crippen LogP contribution in [0.4, 0.5) is 4.39 Å². The molecule has 5 nitrogen and oxygen atoms in total. The van der Waals surface area contributed by atoms with Crippen molar-refractivity contribution in [3.05, 3.63) is 59.9 Å². The number of halogens is 1. The van der Waals surface area contributed by atoms with Crippen LogP contribution in [0.15, 0.2) is 53.4 Å². The molecule has 160 valence electrons. The van der Waals surface area contributed by atoms with Crippen LogP contribution in [0.3, 0.4) is 0 Å². The number of carbonyl (C=O) groups is 1. The number of hydrogen-bond acceptors (Lipinski definition) is 4. The van der Waals surface area contributed by atoms with E-state index in [0.717, 1.165) is 56.2 Å². The summed E-state index contributed by atoms with van der Waals surface area (Å²) in [7, 11) is -4.06. The Labute approximate surface area is 177 Å². The lowest BCUT2D eigenvalue weighted by Crippen LogP contribution is -2.38. The van der Waals surface area contributed by atoms with Crippen LogP contribution in [0.5, 0.6) is 5.75 Å². The van der Waals surface area contributed by atoms with E-state index < -0.39 is 15.9 Å². The molecular weight excluding hydrogens is 405 g/mol. The minimum Gasteiger partial charge on any atom is -0.379 e. The molecule has 0 N–H and O–H groups in total. The van der Waals surface area contributed by atoms with Crippen molar-refractivity contribution in [2.45, 2.75) is 62.4 Å². The summed E-state index contributed by atoms with van der Waals surface area (Å²) in [6, 6.07) is 11.6. The van der Waals surface area contributed by atoms with E-state index >= 15 is 0 Å². The quantitative estimate of drug-likeness (QED) is 0.598. The number of benzene rings is 2. The van der Waals surface area contributed by atoms with Crippen LogP contribution in [0.2, 0.25) is 0 Å². The predicted octanol–water partition coefficient (Wildman–Crippen LogP) is 4.66. The van der Waals surface area contributed by atoms with Crippen molar-refractivity contribution in [2.75, 3.05) is 0 Å². The predicted molar refractivity (Wildman–Crippen MR) is 111 cm³/mol. The molecule has 30 heavy (non-hydrogen) atoms. The van der Waals surface area contributed by atoms with Gasteiger partial charge in [-0.1, -0.05) is 31.4 Å². The molecule has 7 heteroatoms. The Balaban J connectivity index is 1.48. The second-order valence-corrected chi connectivity index (χ2v) is 9.72. The largest absolute Gasteiger partial charge is 0.379 e. The fourth-order valence-corrected chi connectivity index (χ4v) is 4.95. The molecule has 1 amide bonds. The summed E-state index contributed by atoms with van der Waals surface area (Å²) in [5, 5.41) is 0. The van der Waals surface area contributed by atoms with Gasteiger partial charge in [-0.15, -0.1) is 0 Å². The van der Waals surface area contributed by atoms with Gasteiger partial charge in [-0.25, -0.2) is 4.39 Å². The summed E-state index contributed by atoms with van der Waals surface area (Å²) in [5.41, 5.74) is 0.831. The van der Waals surface area contributed by atoms with Gasteiger partial charge in [-0.2, -0.15) is 8.42 Å². The molecule has 0 atom stereocenters. The Morgan fingerprint density at radius 3 is 2.37 bits per heavy atom. The highest BCUT2D eigenvalue weighted by molar-refractivity contribution is 7.87. The van der Waals surface area contributed by atoms with Crippen molar-refractivity contribution in [2.24, 2.45) is 5.92 Å². The van der Waals surface area contributed by atoms with Crippen molar-refractivity contribution in [3.8, 4) is 5.75 Å². The highest BCUT2D eigenvalue weighted by Crippen LogP contribution is 2.34. The van der Waals surface area contributed by atoms with Gasteiger partial charge in [0.1, 0.15) is 16.5 Å². The van der Waals surface area contributed by atoms with E-state index in [1.807, 2.05) is 11.0 Å². The van der Waals surface area contributed by atoms with Crippen molar-refractivity contribution in [3.63, 3.8) is 0 Å². The first-order valence-corrected chi connectivity index (χ1v) is 11.9. The summed E-state index contributed by atoms with van der Waals surface area (Å²) in [6.07, 6.45) is 7.39. The Morgan fingerprint density at radius 2 is 1.70 bits per heavy atom. The van der Waals surface area contributed by atoms with Gasteiger partial charge in [-0.3, -0.25) is 4.79 Å². The summed E-state index contributed by atoms with van der Waals surface area (Å²) >= 11 is 0. The second-order valence-electron chi connectivity index (χ2n) is 8.17.